The Kier molecular flexibility index (Phi) is 5.84. The molecule has 1 unspecified atom stereocenters. The van der Waals surface area contributed by atoms with E-state index >= 15 is 0 Å². The number of amides is 1. The minimum Gasteiger partial charge on any atom is -0.503 e. The van der Waals surface area contributed by atoms with Crippen molar-refractivity contribution >= 4 is 55.0 Å². The second-order valence-corrected chi connectivity index (χ2v) is 9.73. The van der Waals surface area contributed by atoms with Gasteiger partial charge in [-0.2, -0.15) is 0 Å². The summed E-state index contributed by atoms with van der Waals surface area (Å²) in [7, 11) is 0. The number of nitro benzene ring substituents is 1. The molecular weight excluding hydrogens is 522 g/mol. The van der Waals surface area contributed by atoms with E-state index in [1.165, 1.54) is 40.5 Å². The number of nitro groups is 1. The van der Waals surface area contributed by atoms with Gasteiger partial charge in [0.05, 0.1) is 33.4 Å². The summed E-state index contributed by atoms with van der Waals surface area (Å²) < 4.78 is 12.1. The third-order valence-electron chi connectivity index (χ3n) is 6.39. The smallest absolute Gasteiger partial charge is 0.296 e. The summed E-state index contributed by atoms with van der Waals surface area (Å²) in [4.78, 5) is 43.8. The van der Waals surface area contributed by atoms with Crippen molar-refractivity contribution in [3.63, 3.8) is 0 Å². The van der Waals surface area contributed by atoms with Gasteiger partial charge in [0.2, 0.25) is 5.78 Å². The van der Waals surface area contributed by atoms with Gasteiger partial charge in [0, 0.05) is 17.5 Å². The molecule has 0 saturated heterocycles. The van der Waals surface area contributed by atoms with Crippen LogP contribution in [0.5, 0.6) is 5.75 Å². The number of fused-ring (bicyclic) bond motifs is 2. The average Bonchev–Trinajstić information content (AvgIpc) is 3.62. The molecule has 0 aliphatic carbocycles. The van der Waals surface area contributed by atoms with Crippen molar-refractivity contribution < 1.29 is 28.8 Å². The second kappa shape index (κ2) is 9.37. The lowest BCUT2D eigenvalue weighted by molar-refractivity contribution is -0.384. The molecule has 1 N–H and O–H groups in total. The Morgan fingerprint density at radius 3 is 2.64 bits per heavy atom. The number of aromatic nitrogens is 1. The number of thiazole rings is 1. The first-order chi connectivity index (χ1) is 18.9. The molecule has 0 spiro atoms. The van der Waals surface area contributed by atoms with Crippen molar-refractivity contribution in [1.82, 2.24) is 4.98 Å². The van der Waals surface area contributed by atoms with Crippen LogP contribution in [0.15, 0.2) is 88.5 Å². The lowest BCUT2D eigenvalue weighted by Crippen LogP contribution is -2.30. The van der Waals surface area contributed by atoms with Gasteiger partial charge in [0.1, 0.15) is 11.3 Å². The number of hydrogen-bond donors (Lipinski definition) is 1. The monoisotopic (exact) mass is 541 g/mol. The molecule has 194 valence electrons. The zero-order valence-corrected chi connectivity index (χ0v) is 21.2. The molecule has 0 radical (unpaired) electrons. The number of rotatable bonds is 7. The summed E-state index contributed by atoms with van der Waals surface area (Å²) in [5, 5.41) is 23.2. The molecule has 1 amide bonds. The van der Waals surface area contributed by atoms with Crippen molar-refractivity contribution in [1.29, 1.82) is 0 Å². The van der Waals surface area contributed by atoms with Crippen LogP contribution < -0.4 is 9.64 Å². The number of carbonyl (C=O) groups excluding carboxylic acids is 2. The molecule has 1 atom stereocenters. The van der Waals surface area contributed by atoms with Gasteiger partial charge in [-0.25, -0.2) is 4.98 Å². The minimum absolute atomic E-state index is 0.0510. The van der Waals surface area contributed by atoms with Crippen LogP contribution in [-0.2, 0) is 4.79 Å². The summed E-state index contributed by atoms with van der Waals surface area (Å²) in [6.45, 7) is 2.35. The number of carbonyl (C=O) groups is 2. The lowest BCUT2D eigenvalue weighted by atomic mass is 9.95. The molecule has 1 aliphatic rings. The van der Waals surface area contributed by atoms with Crippen LogP contribution in [0.2, 0.25) is 0 Å². The van der Waals surface area contributed by atoms with Gasteiger partial charge in [-0.1, -0.05) is 29.5 Å². The van der Waals surface area contributed by atoms with Gasteiger partial charge < -0.3 is 14.3 Å². The van der Waals surface area contributed by atoms with E-state index in [0.717, 1.165) is 4.70 Å². The standard InChI is InChI=1S/C28H19N3O7S/c1-2-37-18-11-12-19-22(14-18)39-28(29-19)30-24(15-7-9-17(10-8-15)31(35)36)23(26(33)27(30)34)25(32)21-13-16-5-3-4-6-20(16)38-21/h3-14,24,33H,2H2,1H3. The summed E-state index contributed by atoms with van der Waals surface area (Å²) >= 11 is 1.19. The fourth-order valence-corrected chi connectivity index (χ4v) is 5.63. The molecule has 0 fully saturated rings. The highest BCUT2D eigenvalue weighted by Gasteiger charge is 2.46. The topological polar surface area (TPSA) is 136 Å². The van der Waals surface area contributed by atoms with E-state index in [-0.39, 0.29) is 22.2 Å². The van der Waals surface area contributed by atoms with Crippen LogP contribution in [0, 0.1) is 10.1 Å². The highest BCUT2D eigenvalue weighted by Crippen LogP contribution is 2.45. The molecule has 0 saturated carbocycles. The number of nitrogens with zero attached hydrogens (tertiary/aromatic N) is 3. The molecule has 5 aromatic rings. The number of ketones is 1. The quantitative estimate of drug-likeness (QED) is 0.148. The number of ether oxygens (including phenoxy) is 1. The van der Waals surface area contributed by atoms with Gasteiger partial charge in [0.25, 0.3) is 11.6 Å². The zero-order valence-electron chi connectivity index (χ0n) is 20.4. The van der Waals surface area contributed by atoms with Gasteiger partial charge >= 0.3 is 0 Å². The molecule has 3 aromatic carbocycles. The van der Waals surface area contributed by atoms with Crippen LogP contribution in [-0.4, -0.2) is 33.3 Å². The molecule has 3 heterocycles. The number of Topliss-reactive ketones (excluding diaryl/α,β-unsaturated/α-hetero) is 1. The predicted molar refractivity (Wildman–Crippen MR) is 144 cm³/mol. The number of anilines is 1. The second-order valence-electron chi connectivity index (χ2n) is 8.73. The maximum absolute atomic E-state index is 13.8. The van der Waals surface area contributed by atoms with E-state index in [4.69, 9.17) is 9.15 Å². The number of furan rings is 1. The van der Waals surface area contributed by atoms with Crippen LogP contribution >= 0.6 is 11.3 Å². The van der Waals surface area contributed by atoms with Crippen molar-refractivity contribution in [3.8, 4) is 5.75 Å². The summed E-state index contributed by atoms with van der Waals surface area (Å²) in [5.41, 5.74) is 1.10. The summed E-state index contributed by atoms with van der Waals surface area (Å²) in [6.07, 6.45) is 0. The van der Waals surface area contributed by atoms with Crippen LogP contribution in [0.1, 0.15) is 29.1 Å². The van der Waals surface area contributed by atoms with E-state index in [0.29, 0.717) is 34.4 Å². The molecule has 1 aliphatic heterocycles. The van der Waals surface area contributed by atoms with E-state index in [1.807, 2.05) is 6.92 Å². The maximum Gasteiger partial charge on any atom is 0.296 e. The lowest BCUT2D eigenvalue weighted by Gasteiger charge is -2.24. The molecule has 2 aromatic heterocycles. The number of hydrogen-bond acceptors (Lipinski definition) is 9. The summed E-state index contributed by atoms with van der Waals surface area (Å²) in [5.74, 6) is -1.64. The third kappa shape index (κ3) is 4.09. The Labute approximate surface area is 224 Å². The largest absolute Gasteiger partial charge is 0.503 e. The highest BCUT2D eigenvalue weighted by molar-refractivity contribution is 7.22. The number of benzene rings is 3. The first kappa shape index (κ1) is 24.3. The fraction of sp³-hybridized carbons (Fsp3) is 0.107. The third-order valence-corrected chi connectivity index (χ3v) is 7.40. The van der Waals surface area contributed by atoms with Gasteiger partial charge in [-0.05, 0) is 55.0 Å². The number of aliphatic hydroxyl groups excluding tert-OH is 1. The van der Waals surface area contributed by atoms with E-state index in [1.54, 1.807) is 48.5 Å². The molecule has 0 bridgehead atoms. The Morgan fingerprint density at radius 2 is 1.92 bits per heavy atom. The Morgan fingerprint density at radius 1 is 1.15 bits per heavy atom. The van der Waals surface area contributed by atoms with Crippen LogP contribution in [0.4, 0.5) is 10.8 Å². The highest BCUT2D eigenvalue weighted by atomic mass is 32.1. The van der Waals surface area contributed by atoms with Crippen molar-refractivity contribution in [2.45, 2.75) is 13.0 Å². The normalized spacial score (nSPS) is 15.5. The van der Waals surface area contributed by atoms with Gasteiger partial charge in [-0.15, -0.1) is 0 Å². The van der Waals surface area contributed by atoms with Crippen molar-refractivity contribution in [2.24, 2.45) is 0 Å². The zero-order chi connectivity index (χ0) is 27.3. The molecule has 39 heavy (non-hydrogen) atoms. The number of aliphatic hydroxyl groups is 1. The first-order valence-corrected chi connectivity index (χ1v) is 12.7. The minimum atomic E-state index is -1.11. The fourth-order valence-electron chi connectivity index (χ4n) is 4.61. The van der Waals surface area contributed by atoms with Crippen LogP contribution in [0.25, 0.3) is 21.2 Å². The van der Waals surface area contributed by atoms with Crippen molar-refractivity contribution in [3.05, 3.63) is 106 Å². The molecule has 10 nitrogen and oxygen atoms in total. The number of non-ortho nitro benzene ring substituents is 1. The van der Waals surface area contributed by atoms with Gasteiger partial charge in [-0.3, -0.25) is 24.6 Å². The molecule has 6 rings (SSSR count). The summed E-state index contributed by atoms with van der Waals surface area (Å²) in [6, 6.07) is 18.3. The Bertz CT molecular complexity index is 1790. The van der Waals surface area contributed by atoms with Crippen LogP contribution in [0.3, 0.4) is 0 Å². The van der Waals surface area contributed by atoms with E-state index in [2.05, 4.69) is 4.98 Å². The molecular formula is C28H19N3O7S. The average molecular weight is 542 g/mol. The Hall–Kier alpha value is -5.03. The molecule has 11 heteroatoms. The first-order valence-electron chi connectivity index (χ1n) is 11.9. The maximum atomic E-state index is 13.8. The van der Waals surface area contributed by atoms with Crippen molar-refractivity contribution in [2.75, 3.05) is 11.5 Å². The van der Waals surface area contributed by atoms with E-state index < -0.39 is 28.4 Å². The number of para-hydroxylation sites is 1. The predicted octanol–water partition coefficient (Wildman–Crippen LogP) is 6.13. The van der Waals surface area contributed by atoms with E-state index in [9.17, 15) is 24.8 Å². The van der Waals surface area contributed by atoms with Gasteiger partial charge in [0.15, 0.2) is 16.7 Å². The SMILES string of the molecule is CCOc1ccc2nc(N3C(=O)C(O)=C(C(=O)c4cc5ccccc5o4)C3c3ccc([N+](=O)[O-])cc3)sc2c1. The Balaban J connectivity index is 1.49.